The van der Waals surface area contributed by atoms with E-state index in [1.807, 2.05) is 0 Å². The van der Waals surface area contributed by atoms with Gasteiger partial charge in [0.25, 0.3) is 0 Å². The van der Waals surface area contributed by atoms with E-state index in [2.05, 4.69) is 39.7 Å². The van der Waals surface area contributed by atoms with Crippen molar-refractivity contribution < 1.29 is 4.79 Å². The Labute approximate surface area is 113 Å². The number of carbonyl (C=O) groups is 1. The second kappa shape index (κ2) is 6.14. The molecule has 0 aromatic carbocycles. The third kappa shape index (κ3) is 3.76. The Kier molecular flexibility index (Phi) is 4.52. The lowest BCUT2D eigenvalue weighted by atomic mass is 9.77. The van der Waals surface area contributed by atoms with Crippen molar-refractivity contribution in [2.75, 3.05) is 13.1 Å². The average Bonchev–Trinajstić information content (AvgIpc) is 2.87. The normalized spacial score (nSPS) is 22.1. The third-order valence-electron chi connectivity index (χ3n) is 3.74. The lowest BCUT2D eigenvalue weighted by Gasteiger charge is -2.38. The molecule has 6 nitrogen and oxygen atoms in total. The van der Waals surface area contributed by atoms with Crippen molar-refractivity contribution in [2.45, 2.75) is 45.6 Å². The standard InChI is InChI=1S/C13H23N5O/c1-13(2)6-4-8-14-11(13)12(19)15-7-3-5-10-16-9-17-18-10/h9,11,14H,3-8H2,1-2H3,(H,15,19)(H,16,17,18). The molecule has 106 valence electrons. The third-order valence-corrected chi connectivity index (χ3v) is 3.74. The van der Waals surface area contributed by atoms with Crippen molar-refractivity contribution in [2.24, 2.45) is 5.41 Å². The number of nitrogens with one attached hydrogen (secondary N) is 3. The van der Waals surface area contributed by atoms with E-state index in [0.29, 0.717) is 6.54 Å². The summed E-state index contributed by atoms with van der Waals surface area (Å²) in [6, 6.07) is -0.0773. The summed E-state index contributed by atoms with van der Waals surface area (Å²) in [4.78, 5) is 16.2. The van der Waals surface area contributed by atoms with Gasteiger partial charge in [-0.3, -0.25) is 9.89 Å². The number of aromatic nitrogens is 3. The van der Waals surface area contributed by atoms with Crippen LogP contribution in [-0.4, -0.2) is 40.2 Å². The van der Waals surface area contributed by atoms with E-state index in [0.717, 1.165) is 38.1 Å². The predicted molar refractivity (Wildman–Crippen MR) is 72.5 cm³/mol. The van der Waals surface area contributed by atoms with Gasteiger partial charge < -0.3 is 10.6 Å². The van der Waals surface area contributed by atoms with Gasteiger partial charge in [0, 0.05) is 13.0 Å². The van der Waals surface area contributed by atoms with E-state index in [1.54, 1.807) is 0 Å². The van der Waals surface area contributed by atoms with Crippen molar-refractivity contribution in [3.05, 3.63) is 12.2 Å². The molecular formula is C13H23N5O. The number of rotatable bonds is 5. The van der Waals surface area contributed by atoms with Crippen LogP contribution in [-0.2, 0) is 11.2 Å². The molecule has 6 heteroatoms. The monoisotopic (exact) mass is 265 g/mol. The summed E-state index contributed by atoms with van der Waals surface area (Å²) >= 11 is 0. The minimum Gasteiger partial charge on any atom is -0.355 e. The molecule has 2 rings (SSSR count). The van der Waals surface area contributed by atoms with Crippen LogP contribution in [0.4, 0.5) is 0 Å². The van der Waals surface area contributed by atoms with Gasteiger partial charge in [-0.15, -0.1) is 0 Å². The van der Waals surface area contributed by atoms with Gasteiger partial charge in [-0.05, 0) is 31.2 Å². The van der Waals surface area contributed by atoms with Crippen molar-refractivity contribution in [1.29, 1.82) is 0 Å². The molecule has 1 saturated heterocycles. The van der Waals surface area contributed by atoms with Gasteiger partial charge in [0.1, 0.15) is 12.2 Å². The molecule has 0 radical (unpaired) electrons. The maximum Gasteiger partial charge on any atom is 0.237 e. The quantitative estimate of drug-likeness (QED) is 0.682. The van der Waals surface area contributed by atoms with Gasteiger partial charge in [-0.2, -0.15) is 5.10 Å². The highest BCUT2D eigenvalue weighted by Gasteiger charge is 2.36. The lowest BCUT2D eigenvalue weighted by molar-refractivity contribution is -0.126. The molecule has 0 bridgehead atoms. The summed E-state index contributed by atoms with van der Waals surface area (Å²) in [5.41, 5.74) is 0.0350. The van der Waals surface area contributed by atoms with E-state index in [1.165, 1.54) is 6.33 Å². The highest BCUT2D eigenvalue weighted by atomic mass is 16.2. The van der Waals surface area contributed by atoms with Crippen molar-refractivity contribution >= 4 is 5.91 Å². The van der Waals surface area contributed by atoms with Crippen molar-refractivity contribution in [1.82, 2.24) is 25.8 Å². The minimum absolute atomic E-state index is 0.0350. The van der Waals surface area contributed by atoms with E-state index in [-0.39, 0.29) is 17.4 Å². The molecule has 1 aliphatic rings. The van der Waals surface area contributed by atoms with Crippen molar-refractivity contribution in [3.8, 4) is 0 Å². The molecule has 0 spiro atoms. The average molecular weight is 265 g/mol. The zero-order valence-corrected chi connectivity index (χ0v) is 11.7. The number of aryl methyl sites for hydroxylation is 1. The van der Waals surface area contributed by atoms with Crippen LogP contribution < -0.4 is 10.6 Å². The van der Waals surface area contributed by atoms with Crippen LogP contribution in [0.25, 0.3) is 0 Å². The molecule has 1 fully saturated rings. The Bertz CT molecular complexity index is 401. The lowest BCUT2D eigenvalue weighted by Crippen LogP contribution is -2.55. The van der Waals surface area contributed by atoms with Gasteiger partial charge in [-0.1, -0.05) is 13.8 Å². The van der Waals surface area contributed by atoms with Crippen LogP contribution in [0, 0.1) is 5.41 Å². The second-order valence-electron chi connectivity index (χ2n) is 5.81. The van der Waals surface area contributed by atoms with Crippen LogP contribution in [0.15, 0.2) is 6.33 Å². The van der Waals surface area contributed by atoms with Gasteiger partial charge in [-0.25, -0.2) is 4.98 Å². The Balaban J connectivity index is 1.71. The maximum absolute atomic E-state index is 12.2. The highest BCUT2D eigenvalue weighted by molar-refractivity contribution is 5.82. The maximum atomic E-state index is 12.2. The smallest absolute Gasteiger partial charge is 0.237 e. The zero-order valence-electron chi connectivity index (χ0n) is 11.7. The fourth-order valence-corrected chi connectivity index (χ4v) is 2.58. The number of carbonyl (C=O) groups excluding carboxylic acids is 1. The first-order chi connectivity index (χ1) is 9.09. The van der Waals surface area contributed by atoms with Crippen LogP contribution in [0.1, 0.15) is 38.9 Å². The fraction of sp³-hybridized carbons (Fsp3) is 0.769. The number of nitrogens with zero attached hydrogens (tertiary/aromatic N) is 2. The first-order valence-electron chi connectivity index (χ1n) is 6.95. The van der Waals surface area contributed by atoms with E-state index >= 15 is 0 Å². The summed E-state index contributed by atoms with van der Waals surface area (Å²) in [7, 11) is 0. The topological polar surface area (TPSA) is 82.7 Å². The number of aromatic amines is 1. The zero-order chi connectivity index (χ0) is 13.7. The molecule has 1 aromatic heterocycles. The molecule has 1 aliphatic heterocycles. The van der Waals surface area contributed by atoms with Gasteiger partial charge >= 0.3 is 0 Å². The highest BCUT2D eigenvalue weighted by Crippen LogP contribution is 2.29. The second-order valence-corrected chi connectivity index (χ2v) is 5.81. The number of amides is 1. The van der Waals surface area contributed by atoms with Gasteiger partial charge in [0.05, 0.1) is 6.04 Å². The summed E-state index contributed by atoms with van der Waals surface area (Å²) < 4.78 is 0. The molecule has 19 heavy (non-hydrogen) atoms. The Hall–Kier alpha value is -1.43. The van der Waals surface area contributed by atoms with E-state index in [4.69, 9.17) is 0 Å². The number of piperidine rings is 1. The fourth-order valence-electron chi connectivity index (χ4n) is 2.58. The largest absolute Gasteiger partial charge is 0.355 e. The number of hydrogen-bond acceptors (Lipinski definition) is 4. The van der Waals surface area contributed by atoms with Crippen LogP contribution in [0.3, 0.4) is 0 Å². The van der Waals surface area contributed by atoms with Gasteiger partial charge in [0.2, 0.25) is 5.91 Å². The first kappa shape index (κ1) is 14.0. The SMILES string of the molecule is CC1(C)CCCNC1C(=O)NCCCc1ncn[nH]1. The molecule has 0 aliphatic carbocycles. The molecule has 1 unspecified atom stereocenters. The Morgan fingerprint density at radius 1 is 1.58 bits per heavy atom. The van der Waals surface area contributed by atoms with Crippen LogP contribution >= 0.6 is 0 Å². The summed E-state index contributed by atoms with van der Waals surface area (Å²) in [5.74, 6) is 0.979. The molecule has 1 atom stereocenters. The predicted octanol–water partition coefficient (Wildman–Crippen LogP) is 0.632. The summed E-state index contributed by atoms with van der Waals surface area (Å²) in [5, 5.41) is 12.9. The van der Waals surface area contributed by atoms with Gasteiger partial charge in [0.15, 0.2) is 0 Å². The number of hydrogen-bond donors (Lipinski definition) is 3. The van der Waals surface area contributed by atoms with Crippen LogP contribution in [0.2, 0.25) is 0 Å². The Morgan fingerprint density at radius 3 is 3.11 bits per heavy atom. The van der Waals surface area contributed by atoms with E-state index < -0.39 is 0 Å². The minimum atomic E-state index is -0.0773. The molecular weight excluding hydrogens is 242 g/mol. The molecule has 3 N–H and O–H groups in total. The Morgan fingerprint density at radius 2 is 2.42 bits per heavy atom. The molecule has 2 heterocycles. The van der Waals surface area contributed by atoms with Crippen LogP contribution in [0.5, 0.6) is 0 Å². The molecule has 0 saturated carbocycles. The summed E-state index contributed by atoms with van der Waals surface area (Å²) in [6.45, 7) is 5.91. The first-order valence-corrected chi connectivity index (χ1v) is 6.95. The summed E-state index contributed by atoms with van der Waals surface area (Å²) in [6.07, 6.45) is 5.41. The molecule has 1 amide bonds. The number of H-pyrrole nitrogens is 1. The van der Waals surface area contributed by atoms with E-state index in [9.17, 15) is 4.79 Å². The molecule has 1 aromatic rings. The van der Waals surface area contributed by atoms with Crippen molar-refractivity contribution in [3.63, 3.8) is 0 Å².